The molecule has 0 spiro atoms. The number of rotatable bonds is 5. The van der Waals surface area contributed by atoms with Crippen molar-refractivity contribution in [2.45, 2.75) is 11.4 Å². The van der Waals surface area contributed by atoms with Gasteiger partial charge in [-0.25, -0.2) is 8.42 Å². The van der Waals surface area contributed by atoms with Crippen LogP contribution in [-0.4, -0.2) is 12.4 Å². The second-order valence-electron chi connectivity index (χ2n) is 6.19. The SMILES string of the molecule is O=c1sn(Cc2ccccc2)c2ccc(NS(=O)(=O)c3ccc(Cl)cc3)cc12. The molecule has 1 N–H and O–H groups in total. The van der Waals surface area contributed by atoms with E-state index < -0.39 is 10.0 Å². The summed E-state index contributed by atoms with van der Waals surface area (Å²) in [6, 6.07) is 20.7. The van der Waals surface area contributed by atoms with Gasteiger partial charge < -0.3 is 0 Å². The Morgan fingerprint density at radius 1 is 0.964 bits per heavy atom. The molecule has 28 heavy (non-hydrogen) atoms. The van der Waals surface area contributed by atoms with Crippen molar-refractivity contribution in [3.63, 3.8) is 0 Å². The molecule has 0 bridgehead atoms. The lowest BCUT2D eigenvalue weighted by Crippen LogP contribution is -2.12. The van der Waals surface area contributed by atoms with E-state index in [9.17, 15) is 13.2 Å². The highest BCUT2D eigenvalue weighted by Gasteiger charge is 2.16. The van der Waals surface area contributed by atoms with E-state index in [0.29, 0.717) is 22.6 Å². The van der Waals surface area contributed by atoms with Crippen molar-refractivity contribution in [3.05, 3.63) is 92.9 Å². The Morgan fingerprint density at radius 2 is 1.68 bits per heavy atom. The van der Waals surface area contributed by atoms with Crippen molar-refractivity contribution in [2.24, 2.45) is 0 Å². The van der Waals surface area contributed by atoms with E-state index in [4.69, 9.17) is 11.6 Å². The van der Waals surface area contributed by atoms with E-state index >= 15 is 0 Å². The van der Waals surface area contributed by atoms with Crippen LogP contribution in [0.2, 0.25) is 5.02 Å². The van der Waals surface area contributed by atoms with Crippen molar-refractivity contribution < 1.29 is 8.42 Å². The normalized spacial score (nSPS) is 11.6. The first-order valence-electron chi connectivity index (χ1n) is 8.38. The zero-order chi connectivity index (χ0) is 19.7. The maximum absolute atomic E-state index is 12.5. The molecule has 1 aromatic heterocycles. The lowest BCUT2D eigenvalue weighted by molar-refractivity contribution is 0.601. The summed E-state index contributed by atoms with van der Waals surface area (Å²) in [5.74, 6) is 0. The second-order valence-corrected chi connectivity index (χ2v) is 9.31. The number of aromatic nitrogens is 1. The van der Waals surface area contributed by atoms with Gasteiger partial charge in [0.25, 0.3) is 14.8 Å². The average Bonchev–Trinajstić information content (AvgIpc) is 2.98. The third-order valence-electron chi connectivity index (χ3n) is 4.22. The maximum Gasteiger partial charge on any atom is 0.261 e. The van der Waals surface area contributed by atoms with Gasteiger partial charge in [-0.05, 0) is 59.6 Å². The van der Waals surface area contributed by atoms with Crippen LogP contribution in [0.1, 0.15) is 5.56 Å². The van der Waals surface area contributed by atoms with E-state index in [1.54, 1.807) is 18.2 Å². The summed E-state index contributed by atoms with van der Waals surface area (Å²) in [4.78, 5) is 12.5. The minimum Gasteiger partial charge on any atom is -0.290 e. The molecule has 8 heteroatoms. The first kappa shape index (κ1) is 18.7. The van der Waals surface area contributed by atoms with Gasteiger partial charge in [0.15, 0.2) is 0 Å². The Balaban J connectivity index is 1.66. The molecule has 0 aliphatic rings. The monoisotopic (exact) mass is 430 g/mol. The number of hydrogen-bond acceptors (Lipinski definition) is 4. The molecule has 0 aliphatic carbocycles. The minimum atomic E-state index is -3.77. The minimum absolute atomic E-state index is 0.101. The Bertz CT molecular complexity index is 1300. The standard InChI is InChI=1S/C20H15ClN2O3S2/c21-15-6-9-17(10-7-15)28(25,26)22-16-8-11-19-18(12-16)20(24)27-23(19)13-14-4-2-1-3-5-14/h1-12,22H,13H2. The van der Waals surface area contributed by atoms with Gasteiger partial charge in [-0.3, -0.25) is 13.5 Å². The second kappa shape index (κ2) is 7.43. The van der Waals surface area contributed by atoms with Gasteiger partial charge >= 0.3 is 0 Å². The smallest absolute Gasteiger partial charge is 0.261 e. The Hall–Kier alpha value is -2.61. The topological polar surface area (TPSA) is 68.2 Å². The lowest BCUT2D eigenvalue weighted by Gasteiger charge is -2.09. The van der Waals surface area contributed by atoms with Crippen LogP contribution >= 0.6 is 23.1 Å². The number of halogens is 1. The van der Waals surface area contributed by atoms with Crippen LogP contribution in [0, 0.1) is 0 Å². The lowest BCUT2D eigenvalue weighted by atomic mass is 10.2. The largest absolute Gasteiger partial charge is 0.290 e. The number of nitrogens with zero attached hydrogens (tertiary/aromatic N) is 1. The van der Waals surface area contributed by atoms with Crippen LogP contribution in [-0.2, 0) is 16.6 Å². The molecule has 0 unspecified atom stereocenters. The number of sulfonamides is 1. The molecule has 0 atom stereocenters. The molecule has 0 radical (unpaired) electrons. The summed E-state index contributed by atoms with van der Waals surface area (Å²) in [5, 5.41) is 0.940. The molecule has 3 aromatic carbocycles. The van der Waals surface area contributed by atoms with Gasteiger partial charge in [0.1, 0.15) is 0 Å². The first-order valence-corrected chi connectivity index (χ1v) is 11.0. The van der Waals surface area contributed by atoms with Crippen LogP contribution < -0.4 is 9.46 Å². The number of anilines is 1. The van der Waals surface area contributed by atoms with Crippen molar-refractivity contribution in [1.82, 2.24) is 3.96 Å². The summed E-state index contributed by atoms with van der Waals surface area (Å²) in [6.07, 6.45) is 0. The van der Waals surface area contributed by atoms with E-state index in [2.05, 4.69) is 4.72 Å². The van der Waals surface area contributed by atoms with Crippen molar-refractivity contribution in [2.75, 3.05) is 4.72 Å². The third kappa shape index (κ3) is 3.82. The van der Waals surface area contributed by atoms with Crippen LogP contribution in [0.3, 0.4) is 0 Å². The molecule has 1 heterocycles. The Kier molecular flexibility index (Phi) is 4.97. The summed E-state index contributed by atoms with van der Waals surface area (Å²) >= 11 is 6.93. The van der Waals surface area contributed by atoms with Crippen molar-refractivity contribution >= 4 is 49.7 Å². The predicted molar refractivity (Wildman–Crippen MR) is 114 cm³/mol. The summed E-state index contributed by atoms with van der Waals surface area (Å²) in [6.45, 7) is 0.583. The first-order chi connectivity index (χ1) is 13.4. The predicted octanol–water partition coefficient (Wildman–Crippen LogP) is 4.57. The molecular formula is C20H15ClN2O3S2. The summed E-state index contributed by atoms with van der Waals surface area (Å²) < 4.78 is 29.4. The highest BCUT2D eigenvalue weighted by Crippen LogP contribution is 2.23. The van der Waals surface area contributed by atoms with Gasteiger partial charge in [-0.1, -0.05) is 41.9 Å². The number of benzene rings is 3. The number of hydrogen-bond donors (Lipinski definition) is 1. The van der Waals surface area contributed by atoms with Gasteiger partial charge in [0.05, 0.1) is 22.3 Å². The zero-order valence-corrected chi connectivity index (χ0v) is 16.9. The van der Waals surface area contributed by atoms with Crippen molar-refractivity contribution in [3.8, 4) is 0 Å². The molecule has 0 aliphatic heterocycles. The highest BCUT2D eigenvalue weighted by atomic mass is 35.5. The van der Waals surface area contributed by atoms with E-state index in [-0.39, 0.29) is 9.64 Å². The molecular weight excluding hydrogens is 416 g/mol. The Morgan fingerprint density at radius 3 is 2.39 bits per heavy atom. The van der Waals surface area contributed by atoms with Gasteiger partial charge in [-0.15, -0.1) is 0 Å². The quantitative estimate of drug-likeness (QED) is 0.504. The molecule has 4 aromatic rings. The van der Waals surface area contributed by atoms with Gasteiger partial charge in [-0.2, -0.15) is 0 Å². The fraction of sp³-hybridized carbons (Fsp3) is 0.0500. The summed E-state index contributed by atoms with van der Waals surface area (Å²) in [7, 11) is -3.77. The van der Waals surface area contributed by atoms with Gasteiger partial charge in [0.2, 0.25) is 0 Å². The number of nitrogens with one attached hydrogen (secondary N) is 1. The summed E-state index contributed by atoms with van der Waals surface area (Å²) in [5.41, 5.74) is 2.20. The van der Waals surface area contributed by atoms with Crippen LogP contribution in [0.15, 0.2) is 82.5 Å². The number of fused-ring (bicyclic) bond motifs is 1. The molecule has 0 saturated carbocycles. The fourth-order valence-electron chi connectivity index (χ4n) is 2.87. The van der Waals surface area contributed by atoms with Crippen LogP contribution in [0.4, 0.5) is 5.69 Å². The van der Waals surface area contributed by atoms with E-state index in [0.717, 1.165) is 22.6 Å². The molecule has 0 fully saturated rings. The van der Waals surface area contributed by atoms with Crippen LogP contribution in [0.25, 0.3) is 10.9 Å². The maximum atomic E-state index is 12.5. The van der Waals surface area contributed by atoms with Crippen LogP contribution in [0.5, 0.6) is 0 Å². The van der Waals surface area contributed by atoms with Gasteiger partial charge in [0, 0.05) is 10.7 Å². The average molecular weight is 431 g/mol. The molecule has 5 nitrogen and oxygen atoms in total. The fourth-order valence-corrected chi connectivity index (χ4v) is 4.98. The Labute approximate surface area is 171 Å². The molecule has 0 amide bonds. The zero-order valence-electron chi connectivity index (χ0n) is 14.5. The van der Waals surface area contributed by atoms with Crippen molar-refractivity contribution in [1.29, 1.82) is 0 Å². The third-order valence-corrected chi connectivity index (χ3v) is 6.80. The molecule has 0 saturated heterocycles. The highest BCUT2D eigenvalue weighted by molar-refractivity contribution is 7.92. The van der Waals surface area contributed by atoms with E-state index in [1.165, 1.54) is 24.3 Å². The molecule has 4 rings (SSSR count). The molecule has 142 valence electrons. The van der Waals surface area contributed by atoms with E-state index in [1.807, 2.05) is 34.3 Å².